The summed E-state index contributed by atoms with van der Waals surface area (Å²) < 4.78 is 1.55. The standard InChI is InChI=1S/C19H22N2O4/c1-14-8-10-15(11-9-14)13-21-12-4-5-16(19(21)25)20-17(22)6-2-3-7-18(23)24/h4-5,8-12H,2-3,6-7,13H2,1H3,(H,20,22)(H,23,24). The summed E-state index contributed by atoms with van der Waals surface area (Å²) >= 11 is 0. The molecule has 0 spiro atoms. The van der Waals surface area contributed by atoms with E-state index in [0.29, 0.717) is 19.4 Å². The summed E-state index contributed by atoms with van der Waals surface area (Å²) in [6.07, 6.45) is 2.84. The first kappa shape index (κ1) is 18.4. The van der Waals surface area contributed by atoms with E-state index in [1.54, 1.807) is 22.9 Å². The van der Waals surface area contributed by atoms with Gasteiger partial charge in [0, 0.05) is 19.0 Å². The maximum atomic E-state index is 12.5. The van der Waals surface area contributed by atoms with Crippen LogP contribution in [0.1, 0.15) is 36.8 Å². The summed E-state index contributed by atoms with van der Waals surface area (Å²) in [6, 6.07) is 11.2. The minimum atomic E-state index is -0.873. The van der Waals surface area contributed by atoms with Gasteiger partial charge in [0.05, 0.1) is 6.54 Å². The number of aryl methyl sites for hydroxylation is 1. The van der Waals surface area contributed by atoms with Gasteiger partial charge in [0.1, 0.15) is 5.69 Å². The molecule has 0 radical (unpaired) electrons. The van der Waals surface area contributed by atoms with Gasteiger partial charge in [-0.1, -0.05) is 29.8 Å². The quantitative estimate of drug-likeness (QED) is 0.722. The van der Waals surface area contributed by atoms with E-state index in [4.69, 9.17) is 5.11 Å². The first-order chi connectivity index (χ1) is 12.0. The van der Waals surface area contributed by atoms with Crippen LogP contribution in [-0.2, 0) is 16.1 Å². The van der Waals surface area contributed by atoms with Crippen molar-refractivity contribution < 1.29 is 14.7 Å². The molecule has 2 rings (SSSR count). The Kier molecular flexibility index (Phi) is 6.51. The fraction of sp³-hybridized carbons (Fsp3) is 0.316. The molecular formula is C19H22N2O4. The number of hydrogen-bond acceptors (Lipinski definition) is 3. The lowest BCUT2D eigenvalue weighted by Gasteiger charge is -2.09. The predicted molar refractivity (Wildman–Crippen MR) is 95.7 cm³/mol. The van der Waals surface area contributed by atoms with E-state index in [2.05, 4.69) is 5.32 Å². The van der Waals surface area contributed by atoms with Crippen molar-refractivity contribution in [2.24, 2.45) is 0 Å². The second-order valence-electron chi connectivity index (χ2n) is 5.99. The molecule has 25 heavy (non-hydrogen) atoms. The van der Waals surface area contributed by atoms with Gasteiger partial charge in [-0.3, -0.25) is 14.4 Å². The van der Waals surface area contributed by atoms with E-state index >= 15 is 0 Å². The molecule has 0 aliphatic heterocycles. The van der Waals surface area contributed by atoms with Crippen molar-refractivity contribution >= 4 is 17.6 Å². The van der Waals surface area contributed by atoms with E-state index in [-0.39, 0.29) is 30.0 Å². The van der Waals surface area contributed by atoms with Gasteiger partial charge in [-0.25, -0.2) is 0 Å². The number of carbonyl (C=O) groups is 2. The zero-order valence-electron chi connectivity index (χ0n) is 14.2. The lowest BCUT2D eigenvalue weighted by atomic mass is 10.1. The van der Waals surface area contributed by atoms with Crippen molar-refractivity contribution in [1.29, 1.82) is 0 Å². The Labute approximate surface area is 146 Å². The second-order valence-corrected chi connectivity index (χ2v) is 5.99. The van der Waals surface area contributed by atoms with E-state index in [0.717, 1.165) is 11.1 Å². The highest BCUT2D eigenvalue weighted by molar-refractivity contribution is 5.90. The van der Waals surface area contributed by atoms with Gasteiger partial charge >= 0.3 is 5.97 Å². The monoisotopic (exact) mass is 342 g/mol. The smallest absolute Gasteiger partial charge is 0.303 e. The van der Waals surface area contributed by atoms with E-state index in [1.165, 1.54) is 0 Å². The van der Waals surface area contributed by atoms with Crippen LogP contribution in [0.2, 0.25) is 0 Å². The fourth-order valence-corrected chi connectivity index (χ4v) is 2.42. The van der Waals surface area contributed by atoms with Gasteiger partial charge in [-0.15, -0.1) is 0 Å². The van der Waals surface area contributed by atoms with Crippen LogP contribution >= 0.6 is 0 Å². The Bertz CT molecular complexity index is 794. The number of amides is 1. The van der Waals surface area contributed by atoms with Crippen LogP contribution in [0.3, 0.4) is 0 Å². The summed E-state index contributed by atoms with van der Waals surface area (Å²) in [7, 11) is 0. The second kappa shape index (κ2) is 8.82. The van der Waals surface area contributed by atoms with Crippen LogP contribution in [-0.4, -0.2) is 21.6 Å². The number of nitrogens with one attached hydrogen (secondary N) is 1. The van der Waals surface area contributed by atoms with Crippen molar-refractivity contribution in [3.63, 3.8) is 0 Å². The largest absolute Gasteiger partial charge is 0.481 e. The number of aromatic nitrogens is 1. The van der Waals surface area contributed by atoms with Gasteiger partial charge in [0.25, 0.3) is 5.56 Å². The van der Waals surface area contributed by atoms with E-state index < -0.39 is 5.97 Å². The summed E-state index contributed by atoms with van der Waals surface area (Å²) in [5, 5.41) is 11.2. The third kappa shape index (κ3) is 5.91. The number of carboxylic acids is 1. The topological polar surface area (TPSA) is 88.4 Å². The molecule has 0 saturated heterocycles. The molecule has 1 heterocycles. The van der Waals surface area contributed by atoms with Crippen LogP contribution < -0.4 is 10.9 Å². The van der Waals surface area contributed by atoms with Gasteiger partial charge in [-0.05, 0) is 37.5 Å². The number of anilines is 1. The molecular weight excluding hydrogens is 320 g/mol. The number of aliphatic carboxylic acids is 1. The summed E-state index contributed by atoms with van der Waals surface area (Å²) in [5.74, 6) is -1.15. The van der Waals surface area contributed by atoms with Crippen molar-refractivity contribution in [2.45, 2.75) is 39.2 Å². The molecule has 0 atom stereocenters. The normalized spacial score (nSPS) is 10.4. The molecule has 132 valence electrons. The van der Waals surface area contributed by atoms with Gasteiger partial charge < -0.3 is 15.0 Å². The van der Waals surface area contributed by atoms with Crippen LogP contribution in [0.5, 0.6) is 0 Å². The number of rotatable bonds is 8. The Morgan fingerprint density at radius 1 is 1.08 bits per heavy atom. The molecule has 2 N–H and O–H groups in total. The number of pyridine rings is 1. The molecule has 1 amide bonds. The Hall–Kier alpha value is -2.89. The fourth-order valence-electron chi connectivity index (χ4n) is 2.42. The number of nitrogens with zero attached hydrogens (tertiary/aromatic N) is 1. The summed E-state index contributed by atoms with van der Waals surface area (Å²) in [5.41, 5.74) is 2.13. The van der Waals surface area contributed by atoms with Crippen molar-refractivity contribution in [3.05, 3.63) is 64.1 Å². The molecule has 1 aromatic heterocycles. The molecule has 0 aliphatic rings. The highest BCUT2D eigenvalue weighted by Crippen LogP contribution is 2.07. The molecule has 1 aromatic carbocycles. The number of hydrogen-bond donors (Lipinski definition) is 2. The molecule has 0 unspecified atom stereocenters. The van der Waals surface area contributed by atoms with Gasteiger partial charge in [0.2, 0.25) is 5.91 Å². The van der Waals surface area contributed by atoms with Crippen LogP contribution in [0, 0.1) is 6.92 Å². The molecule has 6 heteroatoms. The molecule has 6 nitrogen and oxygen atoms in total. The zero-order chi connectivity index (χ0) is 18.2. The molecule has 0 bridgehead atoms. The van der Waals surface area contributed by atoms with E-state index in [1.807, 2.05) is 31.2 Å². The maximum Gasteiger partial charge on any atom is 0.303 e. The third-order valence-corrected chi connectivity index (χ3v) is 3.81. The predicted octanol–water partition coefficient (Wildman–Crippen LogP) is 2.79. The SMILES string of the molecule is Cc1ccc(Cn2cccc(NC(=O)CCCCC(=O)O)c2=O)cc1. The van der Waals surface area contributed by atoms with Crippen molar-refractivity contribution in [2.75, 3.05) is 5.32 Å². The molecule has 0 fully saturated rings. The lowest BCUT2D eigenvalue weighted by Crippen LogP contribution is -2.25. The summed E-state index contributed by atoms with van der Waals surface area (Å²) in [6.45, 7) is 2.43. The summed E-state index contributed by atoms with van der Waals surface area (Å²) in [4.78, 5) is 34.8. The minimum Gasteiger partial charge on any atom is -0.481 e. The van der Waals surface area contributed by atoms with Crippen LogP contribution in [0.25, 0.3) is 0 Å². The number of unbranched alkanes of at least 4 members (excludes halogenated alkanes) is 1. The first-order valence-corrected chi connectivity index (χ1v) is 8.22. The Morgan fingerprint density at radius 2 is 1.76 bits per heavy atom. The highest BCUT2D eigenvalue weighted by atomic mass is 16.4. The third-order valence-electron chi connectivity index (χ3n) is 3.81. The molecule has 2 aromatic rings. The number of benzene rings is 1. The van der Waals surface area contributed by atoms with Crippen LogP contribution in [0.4, 0.5) is 5.69 Å². The Balaban J connectivity index is 1.98. The van der Waals surface area contributed by atoms with Crippen molar-refractivity contribution in [3.8, 4) is 0 Å². The number of carboxylic acid groups (broad SMARTS) is 1. The van der Waals surface area contributed by atoms with Gasteiger partial charge in [0.15, 0.2) is 0 Å². The van der Waals surface area contributed by atoms with E-state index in [9.17, 15) is 14.4 Å². The lowest BCUT2D eigenvalue weighted by molar-refractivity contribution is -0.137. The first-order valence-electron chi connectivity index (χ1n) is 8.22. The zero-order valence-corrected chi connectivity index (χ0v) is 14.2. The average molecular weight is 342 g/mol. The Morgan fingerprint density at radius 3 is 2.44 bits per heavy atom. The average Bonchev–Trinajstić information content (AvgIpc) is 2.57. The maximum absolute atomic E-state index is 12.5. The minimum absolute atomic E-state index is 0.0436. The van der Waals surface area contributed by atoms with Crippen LogP contribution in [0.15, 0.2) is 47.4 Å². The van der Waals surface area contributed by atoms with Gasteiger partial charge in [-0.2, -0.15) is 0 Å². The highest BCUT2D eigenvalue weighted by Gasteiger charge is 2.08. The van der Waals surface area contributed by atoms with Crippen molar-refractivity contribution in [1.82, 2.24) is 4.57 Å². The number of carbonyl (C=O) groups excluding carboxylic acids is 1. The molecule has 0 saturated carbocycles. The molecule has 0 aliphatic carbocycles.